The highest BCUT2D eigenvalue weighted by molar-refractivity contribution is 9.10. The van der Waals surface area contributed by atoms with Gasteiger partial charge in [-0.05, 0) is 71.3 Å². The van der Waals surface area contributed by atoms with Crippen molar-refractivity contribution < 1.29 is 9.53 Å². The SMILES string of the molecule is Cc1ccc(/C=N\NC(=O)COc2ccc3c(c2Br)CCCC3)cc1. The monoisotopic (exact) mass is 400 g/mol. The first-order valence-electron chi connectivity index (χ1n) is 8.45. The Morgan fingerprint density at radius 3 is 2.76 bits per heavy atom. The van der Waals surface area contributed by atoms with Gasteiger partial charge >= 0.3 is 0 Å². The van der Waals surface area contributed by atoms with Gasteiger partial charge < -0.3 is 4.74 Å². The van der Waals surface area contributed by atoms with Crippen molar-refractivity contribution in [2.75, 3.05) is 6.61 Å². The van der Waals surface area contributed by atoms with Crippen LogP contribution in [0, 0.1) is 6.92 Å². The number of nitrogens with one attached hydrogen (secondary N) is 1. The number of carbonyl (C=O) groups excluding carboxylic acids is 1. The van der Waals surface area contributed by atoms with Crippen molar-refractivity contribution in [3.8, 4) is 5.75 Å². The van der Waals surface area contributed by atoms with Crippen LogP contribution in [-0.2, 0) is 17.6 Å². The Kier molecular flexibility index (Phi) is 5.87. The number of hydrazone groups is 1. The minimum absolute atomic E-state index is 0.0668. The van der Waals surface area contributed by atoms with Gasteiger partial charge in [0.25, 0.3) is 5.91 Å². The molecule has 4 nitrogen and oxygen atoms in total. The molecule has 2 aromatic carbocycles. The number of fused-ring (bicyclic) bond motifs is 1. The van der Waals surface area contributed by atoms with Crippen molar-refractivity contribution in [3.63, 3.8) is 0 Å². The largest absolute Gasteiger partial charge is 0.483 e. The molecule has 2 aromatic rings. The summed E-state index contributed by atoms with van der Waals surface area (Å²) in [6.07, 6.45) is 6.22. The summed E-state index contributed by atoms with van der Waals surface area (Å²) in [7, 11) is 0. The van der Waals surface area contributed by atoms with E-state index in [1.54, 1.807) is 6.21 Å². The number of benzene rings is 2. The van der Waals surface area contributed by atoms with Gasteiger partial charge in [-0.25, -0.2) is 5.43 Å². The van der Waals surface area contributed by atoms with Crippen molar-refractivity contribution >= 4 is 28.1 Å². The van der Waals surface area contributed by atoms with Crippen LogP contribution in [0.4, 0.5) is 0 Å². The van der Waals surface area contributed by atoms with Crippen LogP contribution in [0.3, 0.4) is 0 Å². The summed E-state index contributed by atoms with van der Waals surface area (Å²) >= 11 is 3.62. The number of rotatable bonds is 5. The van der Waals surface area contributed by atoms with E-state index >= 15 is 0 Å². The van der Waals surface area contributed by atoms with Crippen LogP contribution in [0.5, 0.6) is 5.75 Å². The molecule has 1 aliphatic rings. The molecule has 0 saturated carbocycles. The second-order valence-corrected chi connectivity index (χ2v) is 7.01. The summed E-state index contributed by atoms with van der Waals surface area (Å²) in [5.41, 5.74) is 7.29. The van der Waals surface area contributed by atoms with E-state index in [0.29, 0.717) is 5.75 Å². The van der Waals surface area contributed by atoms with Crippen molar-refractivity contribution in [1.82, 2.24) is 5.43 Å². The highest BCUT2D eigenvalue weighted by Gasteiger charge is 2.16. The number of aryl methyl sites for hydroxylation is 2. The third-order valence-electron chi connectivity index (χ3n) is 4.27. The van der Waals surface area contributed by atoms with Crippen LogP contribution >= 0.6 is 15.9 Å². The third kappa shape index (κ3) is 4.69. The van der Waals surface area contributed by atoms with Gasteiger partial charge in [-0.3, -0.25) is 4.79 Å². The number of ether oxygens (including phenoxy) is 1. The number of carbonyl (C=O) groups is 1. The van der Waals surface area contributed by atoms with Gasteiger partial charge in [0.05, 0.1) is 10.7 Å². The van der Waals surface area contributed by atoms with E-state index in [-0.39, 0.29) is 12.5 Å². The van der Waals surface area contributed by atoms with Gasteiger partial charge in [-0.1, -0.05) is 35.9 Å². The Morgan fingerprint density at radius 1 is 1.20 bits per heavy atom. The molecule has 130 valence electrons. The first kappa shape index (κ1) is 17.7. The van der Waals surface area contributed by atoms with Gasteiger partial charge in [0.15, 0.2) is 6.61 Å². The van der Waals surface area contributed by atoms with Crippen LogP contribution in [-0.4, -0.2) is 18.7 Å². The zero-order valence-corrected chi connectivity index (χ0v) is 15.8. The Balaban J connectivity index is 1.53. The molecule has 0 atom stereocenters. The fourth-order valence-corrected chi connectivity index (χ4v) is 3.58. The minimum Gasteiger partial charge on any atom is -0.483 e. The average Bonchev–Trinajstić information content (AvgIpc) is 2.63. The lowest BCUT2D eigenvalue weighted by molar-refractivity contribution is -0.123. The van der Waals surface area contributed by atoms with Gasteiger partial charge in [0.1, 0.15) is 5.75 Å². The summed E-state index contributed by atoms with van der Waals surface area (Å²) in [5.74, 6) is 0.422. The van der Waals surface area contributed by atoms with E-state index in [1.165, 1.54) is 29.5 Å². The molecule has 1 N–H and O–H groups in total. The summed E-state index contributed by atoms with van der Waals surface area (Å²) < 4.78 is 6.62. The van der Waals surface area contributed by atoms with E-state index < -0.39 is 0 Å². The molecule has 1 aliphatic carbocycles. The minimum atomic E-state index is -0.284. The fraction of sp³-hybridized carbons (Fsp3) is 0.300. The van der Waals surface area contributed by atoms with Crippen molar-refractivity contribution in [2.45, 2.75) is 32.6 Å². The van der Waals surface area contributed by atoms with E-state index in [0.717, 1.165) is 22.9 Å². The Hall–Kier alpha value is -2.14. The zero-order valence-electron chi connectivity index (χ0n) is 14.2. The molecule has 0 radical (unpaired) electrons. The standard InChI is InChI=1S/C20H21BrN2O2/c1-14-6-8-15(9-7-14)12-22-23-19(24)13-25-18-11-10-16-4-2-3-5-17(16)20(18)21/h6-12H,2-5,13H2,1H3,(H,23,24)/b22-12-. The molecule has 0 saturated heterocycles. The molecular weight excluding hydrogens is 380 g/mol. The number of amides is 1. The van der Waals surface area contributed by atoms with Gasteiger partial charge in [0, 0.05) is 0 Å². The number of hydrogen-bond donors (Lipinski definition) is 1. The van der Waals surface area contributed by atoms with Crippen molar-refractivity contribution in [1.29, 1.82) is 0 Å². The molecule has 0 heterocycles. The first-order chi connectivity index (χ1) is 12.1. The number of halogens is 1. The lowest BCUT2D eigenvalue weighted by Crippen LogP contribution is -2.24. The molecule has 1 amide bonds. The van der Waals surface area contributed by atoms with Gasteiger partial charge in [-0.15, -0.1) is 0 Å². The number of hydrogen-bond acceptors (Lipinski definition) is 3. The second-order valence-electron chi connectivity index (χ2n) is 6.22. The van der Waals surface area contributed by atoms with E-state index in [9.17, 15) is 4.79 Å². The van der Waals surface area contributed by atoms with E-state index in [2.05, 4.69) is 32.5 Å². The zero-order chi connectivity index (χ0) is 17.6. The first-order valence-corrected chi connectivity index (χ1v) is 9.24. The summed E-state index contributed by atoms with van der Waals surface area (Å²) in [6, 6.07) is 11.9. The summed E-state index contributed by atoms with van der Waals surface area (Å²) in [4.78, 5) is 11.9. The maximum atomic E-state index is 11.9. The lowest BCUT2D eigenvalue weighted by atomic mass is 9.92. The summed E-state index contributed by atoms with van der Waals surface area (Å²) in [5, 5.41) is 3.96. The maximum absolute atomic E-state index is 11.9. The second kappa shape index (κ2) is 8.30. The van der Waals surface area contributed by atoms with Gasteiger partial charge in [0.2, 0.25) is 0 Å². The Morgan fingerprint density at radius 2 is 1.96 bits per heavy atom. The molecule has 0 aromatic heterocycles. The van der Waals surface area contributed by atoms with Gasteiger partial charge in [-0.2, -0.15) is 5.10 Å². The van der Waals surface area contributed by atoms with Crippen molar-refractivity contribution in [3.05, 3.63) is 63.1 Å². The molecule has 3 rings (SSSR count). The third-order valence-corrected chi connectivity index (χ3v) is 5.14. The molecule has 0 unspecified atom stereocenters. The highest BCUT2D eigenvalue weighted by atomic mass is 79.9. The highest BCUT2D eigenvalue weighted by Crippen LogP contribution is 2.35. The van der Waals surface area contributed by atoms with Crippen LogP contribution < -0.4 is 10.2 Å². The predicted octanol–water partition coefficient (Wildman–Crippen LogP) is 4.17. The lowest BCUT2D eigenvalue weighted by Gasteiger charge is -2.19. The maximum Gasteiger partial charge on any atom is 0.277 e. The fourth-order valence-electron chi connectivity index (χ4n) is 2.88. The van der Waals surface area contributed by atoms with Crippen LogP contribution in [0.1, 0.15) is 35.1 Å². The van der Waals surface area contributed by atoms with Crippen LogP contribution in [0.2, 0.25) is 0 Å². The molecular formula is C20H21BrN2O2. The molecule has 25 heavy (non-hydrogen) atoms. The summed E-state index contributed by atoms with van der Waals surface area (Å²) in [6.45, 7) is 1.96. The Bertz CT molecular complexity index is 785. The number of nitrogens with zero attached hydrogens (tertiary/aromatic N) is 1. The van der Waals surface area contributed by atoms with Crippen LogP contribution in [0.15, 0.2) is 46.0 Å². The molecule has 5 heteroatoms. The van der Waals surface area contributed by atoms with E-state index in [4.69, 9.17) is 4.74 Å². The smallest absolute Gasteiger partial charge is 0.277 e. The molecule has 0 spiro atoms. The molecule has 0 aliphatic heterocycles. The van der Waals surface area contributed by atoms with Crippen LogP contribution in [0.25, 0.3) is 0 Å². The predicted molar refractivity (Wildman–Crippen MR) is 103 cm³/mol. The average molecular weight is 401 g/mol. The van der Waals surface area contributed by atoms with Crippen molar-refractivity contribution in [2.24, 2.45) is 5.10 Å². The normalized spacial score (nSPS) is 13.5. The molecule has 0 fully saturated rings. The quantitative estimate of drug-likeness (QED) is 0.604. The Labute approximate surface area is 156 Å². The van der Waals surface area contributed by atoms with E-state index in [1.807, 2.05) is 37.3 Å². The topological polar surface area (TPSA) is 50.7 Å². The molecule has 0 bridgehead atoms.